The minimum absolute atomic E-state index is 0.0689. The lowest BCUT2D eigenvalue weighted by Gasteiger charge is -2.13. The highest BCUT2D eigenvalue weighted by atomic mass is 16.5. The van der Waals surface area contributed by atoms with E-state index in [2.05, 4.69) is 9.97 Å². The maximum Gasteiger partial charge on any atom is 0.246 e. The fourth-order valence-corrected chi connectivity index (χ4v) is 1.25. The van der Waals surface area contributed by atoms with Crippen molar-refractivity contribution in [2.45, 2.75) is 20.8 Å². The summed E-state index contributed by atoms with van der Waals surface area (Å²) in [6, 6.07) is 0. The Bertz CT molecular complexity index is 399. The van der Waals surface area contributed by atoms with E-state index in [0.717, 1.165) is 0 Å². The first kappa shape index (κ1) is 15.3. The van der Waals surface area contributed by atoms with Crippen molar-refractivity contribution in [3.8, 4) is 11.8 Å². The largest absolute Gasteiger partial charge is 0.476 e. The van der Waals surface area contributed by atoms with Gasteiger partial charge in [-0.25, -0.2) is 0 Å². The predicted octanol–water partition coefficient (Wildman–Crippen LogP) is 1.09. The van der Waals surface area contributed by atoms with Crippen LogP contribution in [0.4, 0.5) is 11.6 Å². The number of nitrogens with two attached hydrogens (primary N) is 2. The van der Waals surface area contributed by atoms with Gasteiger partial charge in [0.25, 0.3) is 0 Å². The van der Waals surface area contributed by atoms with E-state index in [4.69, 9.17) is 25.7 Å². The summed E-state index contributed by atoms with van der Waals surface area (Å²) >= 11 is 0. The van der Waals surface area contributed by atoms with Gasteiger partial charge in [0, 0.05) is 6.61 Å². The second-order valence-electron chi connectivity index (χ2n) is 4.36. The Morgan fingerprint density at radius 1 is 1.05 bits per heavy atom. The molecule has 1 heterocycles. The van der Waals surface area contributed by atoms with Crippen LogP contribution in [0.2, 0.25) is 0 Å². The second-order valence-corrected chi connectivity index (χ2v) is 4.36. The first-order chi connectivity index (χ1) is 9.04. The zero-order chi connectivity index (χ0) is 14.3. The van der Waals surface area contributed by atoms with Gasteiger partial charge in [-0.15, -0.1) is 0 Å². The van der Waals surface area contributed by atoms with Crippen LogP contribution < -0.4 is 20.9 Å². The normalized spacial score (nSPS) is 10.7. The Morgan fingerprint density at radius 3 is 2.26 bits per heavy atom. The van der Waals surface area contributed by atoms with Crippen molar-refractivity contribution in [3.05, 3.63) is 0 Å². The van der Waals surface area contributed by atoms with Gasteiger partial charge >= 0.3 is 0 Å². The van der Waals surface area contributed by atoms with Crippen molar-refractivity contribution in [2.24, 2.45) is 5.92 Å². The van der Waals surface area contributed by atoms with Crippen LogP contribution in [0.1, 0.15) is 20.8 Å². The van der Waals surface area contributed by atoms with Crippen LogP contribution in [-0.2, 0) is 4.74 Å². The Hall–Kier alpha value is -1.76. The highest BCUT2D eigenvalue weighted by molar-refractivity contribution is 5.58. The number of aromatic nitrogens is 2. The smallest absolute Gasteiger partial charge is 0.246 e. The van der Waals surface area contributed by atoms with Crippen LogP contribution in [0.5, 0.6) is 11.8 Å². The average molecular weight is 270 g/mol. The molecule has 1 aromatic rings. The summed E-state index contributed by atoms with van der Waals surface area (Å²) in [4.78, 5) is 7.90. The average Bonchev–Trinajstić information content (AvgIpc) is 2.36. The van der Waals surface area contributed by atoms with Crippen LogP contribution in [0, 0.1) is 5.92 Å². The third kappa shape index (κ3) is 5.17. The number of nitrogen functional groups attached to an aromatic ring is 2. The maximum absolute atomic E-state index is 5.88. The Morgan fingerprint density at radius 2 is 1.68 bits per heavy atom. The van der Waals surface area contributed by atoms with Crippen molar-refractivity contribution >= 4 is 11.6 Å². The molecule has 0 bridgehead atoms. The van der Waals surface area contributed by atoms with Gasteiger partial charge in [0.05, 0.1) is 13.2 Å². The number of hydrogen-bond donors (Lipinski definition) is 2. The number of hydrogen-bond acceptors (Lipinski definition) is 7. The Balaban J connectivity index is 2.69. The van der Waals surface area contributed by atoms with Crippen LogP contribution in [-0.4, -0.2) is 36.4 Å². The van der Waals surface area contributed by atoms with E-state index >= 15 is 0 Å². The van der Waals surface area contributed by atoms with E-state index in [1.807, 2.05) is 20.8 Å². The van der Waals surface area contributed by atoms with Gasteiger partial charge in [0.1, 0.15) is 6.61 Å². The molecular weight excluding hydrogens is 248 g/mol. The van der Waals surface area contributed by atoms with Crippen LogP contribution in [0.25, 0.3) is 0 Å². The van der Waals surface area contributed by atoms with Gasteiger partial charge < -0.3 is 25.7 Å². The molecule has 0 saturated heterocycles. The fourth-order valence-electron chi connectivity index (χ4n) is 1.25. The molecule has 0 radical (unpaired) electrons. The predicted molar refractivity (Wildman–Crippen MR) is 73.2 cm³/mol. The Kier molecular flexibility index (Phi) is 6.14. The molecule has 0 aliphatic heterocycles. The van der Waals surface area contributed by atoms with E-state index in [-0.39, 0.29) is 23.4 Å². The van der Waals surface area contributed by atoms with Gasteiger partial charge in [0.2, 0.25) is 17.7 Å². The quantitative estimate of drug-likeness (QED) is 0.681. The number of anilines is 2. The molecule has 1 rings (SSSR count). The van der Waals surface area contributed by atoms with Gasteiger partial charge in [-0.1, -0.05) is 13.8 Å². The molecule has 0 aliphatic rings. The molecule has 19 heavy (non-hydrogen) atoms. The molecule has 0 spiro atoms. The van der Waals surface area contributed by atoms with Crippen molar-refractivity contribution in [1.82, 2.24) is 9.97 Å². The molecule has 0 atom stereocenters. The SMILES string of the molecule is CCOCCOc1nc(N)nc(OCC(C)C)c1N. The first-order valence-electron chi connectivity index (χ1n) is 6.30. The third-order valence-corrected chi connectivity index (χ3v) is 2.12. The summed E-state index contributed by atoms with van der Waals surface area (Å²) in [6.45, 7) is 7.90. The number of rotatable bonds is 8. The molecule has 0 aromatic carbocycles. The molecule has 0 unspecified atom stereocenters. The first-order valence-corrected chi connectivity index (χ1v) is 6.30. The van der Waals surface area contributed by atoms with Crippen molar-refractivity contribution < 1.29 is 14.2 Å². The second kappa shape index (κ2) is 7.63. The maximum atomic E-state index is 5.88. The lowest BCUT2D eigenvalue weighted by atomic mass is 10.2. The van der Waals surface area contributed by atoms with Gasteiger partial charge in [0.15, 0.2) is 5.69 Å². The zero-order valence-corrected chi connectivity index (χ0v) is 11.7. The number of nitrogens with zero attached hydrogens (tertiary/aromatic N) is 2. The van der Waals surface area contributed by atoms with Gasteiger partial charge in [-0.05, 0) is 12.8 Å². The number of ether oxygens (including phenoxy) is 3. The molecule has 0 saturated carbocycles. The Labute approximate surface area is 113 Å². The molecule has 0 aliphatic carbocycles. The molecular formula is C12H22N4O3. The van der Waals surface area contributed by atoms with Crippen molar-refractivity contribution in [1.29, 1.82) is 0 Å². The summed E-state index contributed by atoms with van der Waals surface area (Å²) in [5, 5.41) is 0. The molecule has 0 amide bonds. The monoisotopic (exact) mass is 270 g/mol. The lowest BCUT2D eigenvalue weighted by Crippen LogP contribution is -2.13. The van der Waals surface area contributed by atoms with E-state index < -0.39 is 0 Å². The molecule has 108 valence electrons. The summed E-state index contributed by atoms with van der Waals surface area (Å²) in [7, 11) is 0. The van der Waals surface area contributed by atoms with Crippen molar-refractivity contribution in [2.75, 3.05) is 37.9 Å². The third-order valence-electron chi connectivity index (χ3n) is 2.12. The lowest BCUT2D eigenvalue weighted by molar-refractivity contribution is 0.108. The molecule has 7 nitrogen and oxygen atoms in total. The minimum Gasteiger partial charge on any atom is -0.476 e. The van der Waals surface area contributed by atoms with E-state index in [1.54, 1.807) is 0 Å². The van der Waals surface area contributed by atoms with Gasteiger partial charge in [-0.2, -0.15) is 9.97 Å². The van der Waals surface area contributed by atoms with E-state index in [9.17, 15) is 0 Å². The summed E-state index contributed by atoms with van der Waals surface area (Å²) in [5.74, 6) is 0.913. The molecule has 4 N–H and O–H groups in total. The summed E-state index contributed by atoms with van der Waals surface area (Å²) in [5.41, 5.74) is 11.7. The highest BCUT2D eigenvalue weighted by Gasteiger charge is 2.13. The van der Waals surface area contributed by atoms with Crippen LogP contribution >= 0.6 is 0 Å². The topological polar surface area (TPSA) is 106 Å². The van der Waals surface area contributed by atoms with E-state index in [0.29, 0.717) is 32.3 Å². The van der Waals surface area contributed by atoms with E-state index in [1.165, 1.54) is 0 Å². The zero-order valence-electron chi connectivity index (χ0n) is 11.7. The molecule has 7 heteroatoms. The van der Waals surface area contributed by atoms with Crippen LogP contribution in [0.15, 0.2) is 0 Å². The minimum atomic E-state index is 0.0689. The standard InChI is InChI=1S/C12H22N4O3/c1-4-17-5-6-18-10-9(13)11(16-12(14)15-10)19-7-8(2)3/h8H,4-7,13H2,1-3H3,(H2,14,15,16). The highest BCUT2D eigenvalue weighted by Crippen LogP contribution is 2.28. The fraction of sp³-hybridized carbons (Fsp3) is 0.667. The van der Waals surface area contributed by atoms with Gasteiger partial charge in [-0.3, -0.25) is 0 Å². The molecule has 0 fully saturated rings. The summed E-state index contributed by atoms with van der Waals surface area (Å²) in [6.07, 6.45) is 0. The van der Waals surface area contributed by atoms with Crippen LogP contribution in [0.3, 0.4) is 0 Å². The van der Waals surface area contributed by atoms with Crippen molar-refractivity contribution in [3.63, 3.8) is 0 Å². The summed E-state index contributed by atoms with van der Waals surface area (Å²) < 4.78 is 16.0. The molecule has 1 aromatic heterocycles.